The Labute approximate surface area is 111 Å². The van der Waals surface area contributed by atoms with E-state index in [-0.39, 0.29) is 5.78 Å². The summed E-state index contributed by atoms with van der Waals surface area (Å²) in [4.78, 5) is 11.6. The first-order valence-electron chi connectivity index (χ1n) is 6.93. The molecule has 0 saturated carbocycles. The second kappa shape index (κ2) is 9.48. The van der Waals surface area contributed by atoms with Crippen LogP contribution in [0.3, 0.4) is 0 Å². The molecule has 0 amide bonds. The molecule has 1 rings (SSSR count). The largest absolute Gasteiger partial charge is 0.279 e. The Morgan fingerprint density at radius 2 is 1.67 bits per heavy atom. The molecule has 0 atom stereocenters. The molecule has 0 spiro atoms. The summed E-state index contributed by atoms with van der Waals surface area (Å²) in [6.45, 7) is 2.22. The number of rotatable bonds is 7. The summed E-state index contributed by atoms with van der Waals surface area (Å²) in [6.07, 6.45) is 8.41. The molecular formula is C17H22O. The van der Waals surface area contributed by atoms with Crippen LogP contribution in [0.4, 0.5) is 0 Å². The second-order valence-corrected chi connectivity index (χ2v) is 4.51. The second-order valence-electron chi connectivity index (χ2n) is 4.51. The molecule has 96 valence electrons. The van der Waals surface area contributed by atoms with Gasteiger partial charge in [0.1, 0.15) is 0 Å². The van der Waals surface area contributed by atoms with Crippen LogP contribution in [0.2, 0.25) is 0 Å². The highest BCUT2D eigenvalue weighted by Gasteiger charge is 1.98. The zero-order valence-corrected chi connectivity index (χ0v) is 11.2. The molecule has 0 heterocycles. The van der Waals surface area contributed by atoms with Crippen LogP contribution in [0.1, 0.15) is 62.2 Å². The van der Waals surface area contributed by atoms with Crippen LogP contribution in [-0.2, 0) is 0 Å². The van der Waals surface area contributed by atoms with Gasteiger partial charge in [-0.2, -0.15) is 0 Å². The van der Waals surface area contributed by atoms with E-state index in [0.29, 0.717) is 5.56 Å². The zero-order chi connectivity index (χ0) is 13.1. The lowest BCUT2D eigenvalue weighted by Crippen LogP contribution is -1.93. The van der Waals surface area contributed by atoms with Gasteiger partial charge in [-0.3, -0.25) is 4.79 Å². The predicted molar refractivity (Wildman–Crippen MR) is 76.5 cm³/mol. The lowest BCUT2D eigenvalue weighted by molar-refractivity contribution is 0.105. The molecule has 0 aliphatic heterocycles. The van der Waals surface area contributed by atoms with Crippen molar-refractivity contribution in [1.82, 2.24) is 0 Å². The molecule has 0 aliphatic carbocycles. The molecular weight excluding hydrogens is 220 g/mol. The number of carbonyl (C=O) groups excluding carboxylic acids is 1. The molecule has 0 unspecified atom stereocenters. The molecule has 0 radical (unpaired) electrons. The molecule has 0 aromatic heterocycles. The van der Waals surface area contributed by atoms with E-state index in [2.05, 4.69) is 18.8 Å². The van der Waals surface area contributed by atoms with E-state index in [1.807, 2.05) is 30.3 Å². The number of unbranched alkanes of at least 4 members (excludes halogenated alkanes) is 6. The van der Waals surface area contributed by atoms with Crippen LogP contribution < -0.4 is 0 Å². The molecule has 1 aromatic carbocycles. The maximum atomic E-state index is 11.6. The summed E-state index contributed by atoms with van der Waals surface area (Å²) in [6, 6.07) is 9.25. The van der Waals surface area contributed by atoms with E-state index in [9.17, 15) is 4.79 Å². The van der Waals surface area contributed by atoms with Gasteiger partial charge in [0.2, 0.25) is 5.78 Å². The zero-order valence-electron chi connectivity index (χ0n) is 11.2. The Morgan fingerprint density at radius 3 is 2.39 bits per heavy atom. The SMILES string of the molecule is CCCCCCCCC#CC(=O)c1ccccc1. The Hall–Kier alpha value is -1.55. The van der Waals surface area contributed by atoms with E-state index in [4.69, 9.17) is 0 Å². The molecule has 1 aromatic rings. The minimum atomic E-state index is -0.0680. The maximum absolute atomic E-state index is 11.6. The van der Waals surface area contributed by atoms with Gasteiger partial charge < -0.3 is 0 Å². The van der Waals surface area contributed by atoms with Gasteiger partial charge in [0, 0.05) is 12.0 Å². The number of benzene rings is 1. The number of carbonyl (C=O) groups is 1. The average Bonchev–Trinajstić information content (AvgIpc) is 2.42. The molecule has 0 fully saturated rings. The van der Waals surface area contributed by atoms with Gasteiger partial charge in [-0.1, -0.05) is 75.3 Å². The van der Waals surface area contributed by atoms with Crippen molar-refractivity contribution in [2.24, 2.45) is 0 Å². The predicted octanol–water partition coefficient (Wildman–Crippen LogP) is 4.62. The molecule has 0 saturated heterocycles. The summed E-state index contributed by atoms with van der Waals surface area (Å²) in [7, 11) is 0. The fraction of sp³-hybridized carbons (Fsp3) is 0.471. The minimum Gasteiger partial charge on any atom is -0.279 e. The fourth-order valence-corrected chi connectivity index (χ4v) is 1.80. The quantitative estimate of drug-likeness (QED) is 0.295. The third-order valence-corrected chi connectivity index (χ3v) is 2.89. The van der Waals surface area contributed by atoms with Crippen molar-refractivity contribution in [3.63, 3.8) is 0 Å². The Bertz CT molecular complexity index is 395. The van der Waals surface area contributed by atoms with Crippen LogP contribution in [0.15, 0.2) is 30.3 Å². The Morgan fingerprint density at radius 1 is 1.00 bits per heavy atom. The molecule has 1 heteroatoms. The fourth-order valence-electron chi connectivity index (χ4n) is 1.80. The topological polar surface area (TPSA) is 17.1 Å². The minimum absolute atomic E-state index is 0.0680. The first-order chi connectivity index (χ1) is 8.84. The van der Waals surface area contributed by atoms with Crippen molar-refractivity contribution in [3.05, 3.63) is 35.9 Å². The first-order valence-corrected chi connectivity index (χ1v) is 6.93. The molecule has 0 aliphatic rings. The van der Waals surface area contributed by atoms with Crippen molar-refractivity contribution in [3.8, 4) is 11.8 Å². The highest BCUT2D eigenvalue weighted by Crippen LogP contribution is 2.06. The smallest absolute Gasteiger partial charge is 0.235 e. The Balaban J connectivity index is 2.16. The summed E-state index contributed by atoms with van der Waals surface area (Å²) >= 11 is 0. The summed E-state index contributed by atoms with van der Waals surface area (Å²) in [5, 5.41) is 0. The van der Waals surface area contributed by atoms with Crippen LogP contribution in [0.25, 0.3) is 0 Å². The van der Waals surface area contributed by atoms with E-state index in [0.717, 1.165) is 12.8 Å². The molecule has 0 N–H and O–H groups in total. The number of Topliss-reactive ketones (excluding diaryl/α,β-unsaturated/α-hetero) is 1. The Kier molecular flexibility index (Phi) is 7.64. The number of hydrogen-bond donors (Lipinski definition) is 0. The van der Waals surface area contributed by atoms with E-state index in [1.165, 1.54) is 32.1 Å². The highest BCUT2D eigenvalue weighted by atomic mass is 16.1. The lowest BCUT2D eigenvalue weighted by atomic mass is 10.1. The lowest BCUT2D eigenvalue weighted by Gasteiger charge is -1.96. The van der Waals surface area contributed by atoms with Gasteiger partial charge >= 0.3 is 0 Å². The highest BCUT2D eigenvalue weighted by molar-refractivity contribution is 6.08. The van der Waals surface area contributed by atoms with Crippen molar-refractivity contribution in [1.29, 1.82) is 0 Å². The van der Waals surface area contributed by atoms with Crippen molar-refractivity contribution < 1.29 is 4.79 Å². The van der Waals surface area contributed by atoms with E-state index in [1.54, 1.807) is 0 Å². The van der Waals surface area contributed by atoms with Gasteiger partial charge in [-0.15, -0.1) is 0 Å². The summed E-state index contributed by atoms with van der Waals surface area (Å²) in [5.41, 5.74) is 0.688. The molecule has 1 nitrogen and oxygen atoms in total. The number of hydrogen-bond acceptors (Lipinski definition) is 1. The first kappa shape index (κ1) is 14.5. The number of ketones is 1. The van der Waals surface area contributed by atoms with Crippen LogP contribution in [0.5, 0.6) is 0 Å². The van der Waals surface area contributed by atoms with Gasteiger partial charge in [-0.05, 0) is 12.3 Å². The average molecular weight is 242 g/mol. The van der Waals surface area contributed by atoms with Gasteiger partial charge in [0.25, 0.3) is 0 Å². The standard InChI is InChI=1S/C17H22O/c1-2-3-4-5-6-7-8-12-15-17(18)16-13-10-9-11-14-16/h9-11,13-14H,2-8H2,1H3. The van der Waals surface area contributed by atoms with Crippen LogP contribution in [0, 0.1) is 11.8 Å². The molecule has 0 bridgehead atoms. The van der Waals surface area contributed by atoms with Crippen molar-refractivity contribution in [2.75, 3.05) is 0 Å². The van der Waals surface area contributed by atoms with Crippen LogP contribution >= 0.6 is 0 Å². The van der Waals surface area contributed by atoms with Crippen molar-refractivity contribution >= 4 is 5.78 Å². The van der Waals surface area contributed by atoms with Crippen molar-refractivity contribution in [2.45, 2.75) is 51.9 Å². The van der Waals surface area contributed by atoms with Gasteiger partial charge in [-0.25, -0.2) is 0 Å². The summed E-state index contributed by atoms with van der Waals surface area (Å²) < 4.78 is 0. The van der Waals surface area contributed by atoms with Crippen LogP contribution in [-0.4, -0.2) is 5.78 Å². The van der Waals surface area contributed by atoms with Gasteiger partial charge in [0.05, 0.1) is 0 Å². The normalized spacial score (nSPS) is 9.61. The maximum Gasteiger partial charge on any atom is 0.235 e. The monoisotopic (exact) mass is 242 g/mol. The molecule has 18 heavy (non-hydrogen) atoms. The van der Waals surface area contributed by atoms with E-state index >= 15 is 0 Å². The third kappa shape index (κ3) is 6.25. The van der Waals surface area contributed by atoms with Gasteiger partial charge in [0.15, 0.2) is 0 Å². The third-order valence-electron chi connectivity index (χ3n) is 2.89. The summed E-state index contributed by atoms with van der Waals surface area (Å²) in [5.74, 6) is 5.62. The van der Waals surface area contributed by atoms with E-state index < -0.39 is 0 Å².